The highest BCUT2D eigenvalue weighted by atomic mass is 35.5. The summed E-state index contributed by atoms with van der Waals surface area (Å²) in [5, 5.41) is 3.20. The van der Waals surface area contributed by atoms with Gasteiger partial charge in [-0.15, -0.1) is 24.8 Å². The van der Waals surface area contributed by atoms with Crippen LogP contribution in [-0.2, 0) is 0 Å². The number of hydrogen-bond donors (Lipinski definition) is 1. The zero-order valence-corrected chi connectivity index (χ0v) is 8.80. The van der Waals surface area contributed by atoms with Crippen LogP contribution in [0.15, 0.2) is 0 Å². The molecule has 0 aromatic heterocycles. The first-order valence-corrected chi connectivity index (χ1v) is 3.66. The van der Waals surface area contributed by atoms with Gasteiger partial charge in [0.1, 0.15) is 0 Å². The Kier molecular flexibility index (Phi) is 9.15. The molecular weight excluding hydrogens is 183 g/mol. The lowest BCUT2D eigenvalue weighted by molar-refractivity contribution is 0.392. The van der Waals surface area contributed by atoms with Crippen molar-refractivity contribution in [3.63, 3.8) is 0 Å². The van der Waals surface area contributed by atoms with Crippen molar-refractivity contribution in [3.05, 3.63) is 0 Å². The molecule has 2 nitrogen and oxygen atoms in total. The molecule has 0 aromatic rings. The second-order valence-electron chi connectivity index (χ2n) is 2.97. The van der Waals surface area contributed by atoms with Crippen LogP contribution in [0.4, 0.5) is 0 Å². The lowest BCUT2D eigenvalue weighted by Crippen LogP contribution is -2.21. The van der Waals surface area contributed by atoms with Crippen LogP contribution >= 0.6 is 24.8 Å². The van der Waals surface area contributed by atoms with Gasteiger partial charge in [-0.1, -0.05) is 0 Å². The molecule has 0 amide bonds. The van der Waals surface area contributed by atoms with Crippen LogP contribution in [0.5, 0.6) is 0 Å². The van der Waals surface area contributed by atoms with Gasteiger partial charge >= 0.3 is 0 Å². The van der Waals surface area contributed by atoms with Gasteiger partial charge in [0.15, 0.2) is 0 Å². The zero-order chi connectivity index (χ0) is 6.69. The van der Waals surface area contributed by atoms with Crippen molar-refractivity contribution in [2.45, 2.75) is 6.42 Å². The van der Waals surface area contributed by atoms with E-state index in [-0.39, 0.29) is 24.8 Å². The average molecular weight is 201 g/mol. The minimum atomic E-state index is 0. The van der Waals surface area contributed by atoms with E-state index in [9.17, 15) is 0 Å². The Balaban J connectivity index is 0. The zero-order valence-electron chi connectivity index (χ0n) is 7.17. The van der Waals surface area contributed by atoms with Crippen molar-refractivity contribution in [1.29, 1.82) is 0 Å². The average Bonchev–Trinajstić information content (AvgIpc) is 2.17. The lowest BCUT2D eigenvalue weighted by Gasteiger charge is -2.08. The van der Waals surface area contributed by atoms with Crippen molar-refractivity contribution in [1.82, 2.24) is 10.2 Å². The van der Waals surface area contributed by atoms with Crippen LogP contribution in [0.2, 0.25) is 0 Å². The number of nitrogens with one attached hydrogen (secondary N) is 1. The Labute approximate surface area is 81.5 Å². The van der Waals surface area contributed by atoms with Gasteiger partial charge in [-0.2, -0.15) is 0 Å². The summed E-state index contributed by atoms with van der Waals surface area (Å²) in [4.78, 5) is 2.39. The van der Waals surface area contributed by atoms with Crippen LogP contribution in [0.25, 0.3) is 0 Å². The molecule has 0 aromatic carbocycles. The van der Waals surface area contributed by atoms with Gasteiger partial charge in [-0.3, -0.25) is 0 Å². The topological polar surface area (TPSA) is 15.3 Å². The third kappa shape index (κ3) is 4.86. The summed E-state index contributed by atoms with van der Waals surface area (Å²) in [6, 6.07) is 0. The van der Waals surface area contributed by atoms with E-state index in [1.165, 1.54) is 26.1 Å². The van der Waals surface area contributed by atoms with Gasteiger partial charge in [-0.25, -0.2) is 0 Å². The normalized spacial score (nSPS) is 24.0. The van der Waals surface area contributed by atoms with Crippen molar-refractivity contribution in [3.8, 4) is 0 Å². The quantitative estimate of drug-likeness (QED) is 0.717. The molecule has 1 N–H and O–H groups in total. The van der Waals surface area contributed by atoms with Gasteiger partial charge < -0.3 is 10.2 Å². The third-order valence-electron chi connectivity index (χ3n) is 1.98. The molecule has 1 fully saturated rings. The summed E-state index contributed by atoms with van der Waals surface area (Å²) in [5.41, 5.74) is 0. The molecule has 1 aliphatic heterocycles. The molecule has 1 heterocycles. The minimum absolute atomic E-state index is 0. The van der Waals surface area contributed by atoms with Crippen molar-refractivity contribution in [2.24, 2.45) is 5.92 Å². The lowest BCUT2D eigenvalue weighted by atomic mass is 10.1. The second-order valence-corrected chi connectivity index (χ2v) is 2.97. The van der Waals surface area contributed by atoms with E-state index in [4.69, 9.17) is 0 Å². The molecule has 0 aliphatic carbocycles. The van der Waals surface area contributed by atoms with E-state index in [0.29, 0.717) is 0 Å². The SMILES string of the molecule is CNCC1CCN(C)C1.Cl.Cl. The summed E-state index contributed by atoms with van der Waals surface area (Å²) < 4.78 is 0. The molecule has 1 aliphatic rings. The first kappa shape index (κ1) is 14.0. The molecule has 1 rings (SSSR count). The van der Waals surface area contributed by atoms with E-state index >= 15 is 0 Å². The van der Waals surface area contributed by atoms with Gasteiger partial charge in [0.25, 0.3) is 0 Å². The summed E-state index contributed by atoms with van der Waals surface area (Å²) >= 11 is 0. The molecule has 1 unspecified atom stereocenters. The Morgan fingerprint density at radius 2 is 2.09 bits per heavy atom. The van der Waals surface area contributed by atoms with Crippen LogP contribution in [0.1, 0.15) is 6.42 Å². The van der Waals surface area contributed by atoms with Gasteiger partial charge in [0.05, 0.1) is 0 Å². The molecule has 1 saturated heterocycles. The van der Waals surface area contributed by atoms with E-state index in [1.807, 2.05) is 7.05 Å². The predicted octanol–water partition coefficient (Wildman–Crippen LogP) is 1.00. The molecule has 4 heteroatoms. The Morgan fingerprint density at radius 1 is 1.45 bits per heavy atom. The number of hydrogen-bond acceptors (Lipinski definition) is 2. The fourth-order valence-corrected chi connectivity index (χ4v) is 1.48. The fourth-order valence-electron chi connectivity index (χ4n) is 1.48. The minimum Gasteiger partial charge on any atom is -0.319 e. The predicted molar refractivity (Wildman–Crippen MR) is 54.0 cm³/mol. The molecule has 11 heavy (non-hydrogen) atoms. The highest BCUT2D eigenvalue weighted by Crippen LogP contribution is 2.12. The van der Waals surface area contributed by atoms with E-state index in [2.05, 4.69) is 17.3 Å². The van der Waals surface area contributed by atoms with E-state index in [0.717, 1.165) is 5.92 Å². The number of nitrogens with zero attached hydrogens (tertiary/aromatic N) is 1. The third-order valence-corrected chi connectivity index (χ3v) is 1.98. The largest absolute Gasteiger partial charge is 0.319 e. The molecule has 0 radical (unpaired) electrons. The Hall–Kier alpha value is 0.500. The molecular formula is C7H18Cl2N2. The van der Waals surface area contributed by atoms with E-state index < -0.39 is 0 Å². The van der Waals surface area contributed by atoms with Crippen LogP contribution < -0.4 is 5.32 Å². The first-order chi connectivity index (χ1) is 4.33. The van der Waals surface area contributed by atoms with Crippen LogP contribution in [0, 0.1) is 5.92 Å². The van der Waals surface area contributed by atoms with Gasteiger partial charge in [0, 0.05) is 6.54 Å². The highest BCUT2D eigenvalue weighted by Gasteiger charge is 2.17. The second kappa shape index (κ2) is 7.17. The van der Waals surface area contributed by atoms with Crippen LogP contribution in [-0.4, -0.2) is 38.6 Å². The first-order valence-electron chi connectivity index (χ1n) is 3.66. The summed E-state index contributed by atoms with van der Waals surface area (Å²) in [7, 11) is 4.22. The standard InChI is InChI=1S/C7H16N2.2ClH/c1-8-5-7-3-4-9(2)6-7;;/h7-8H,3-6H2,1-2H3;2*1H. The maximum absolute atomic E-state index is 3.20. The maximum Gasteiger partial charge on any atom is 0.00192 e. The fraction of sp³-hybridized carbons (Fsp3) is 1.00. The molecule has 0 bridgehead atoms. The smallest absolute Gasteiger partial charge is 0.00192 e. The Bertz CT molecular complexity index is 88.5. The van der Waals surface area contributed by atoms with Gasteiger partial charge in [-0.05, 0) is 39.5 Å². The van der Waals surface area contributed by atoms with Crippen molar-refractivity contribution in [2.75, 3.05) is 33.7 Å². The van der Waals surface area contributed by atoms with Crippen molar-refractivity contribution >= 4 is 24.8 Å². The summed E-state index contributed by atoms with van der Waals surface area (Å²) in [5.74, 6) is 0.903. The Morgan fingerprint density at radius 3 is 2.45 bits per heavy atom. The summed E-state index contributed by atoms with van der Waals surface area (Å²) in [6.45, 7) is 3.75. The highest BCUT2D eigenvalue weighted by molar-refractivity contribution is 5.85. The number of rotatable bonds is 2. The van der Waals surface area contributed by atoms with E-state index in [1.54, 1.807) is 0 Å². The van der Waals surface area contributed by atoms with Crippen molar-refractivity contribution < 1.29 is 0 Å². The molecule has 0 spiro atoms. The monoisotopic (exact) mass is 200 g/mol. The number of halogens is 2. The maximum atomic E-state index is 3.20. The summed E-state index contributed by atoms with van der Waals surface area (Å²) in [6.07, 6.45) is 1.37. The van der Waals surface area contributed by atoms with Gasteiger partial charge in [0.2, 0.25) is 0 Å². The molecule has 70 valence electrons. The molecule has 0 saturated carbocycles. The van der Waals surface area contributed by atoms with Crippen LogP contribution in [0.3, 0.4) is 0 Å². The molecule has 1 atom stereocenters. The number of likely N-dealkylation sites (tertiary alicyclic amines) is 1.